The number of isocyanates is 1. The molecule has 21 heavy (non-hydrogen) atoms. The lowest BCUT2D eigenvalue weighted by molar-refractivity contribution is 0.565. The molecule has 0 aliphatic heterocycles. The highest BCUT2D eigenvalue weighted by atomic mass is 16.1. The Bertz CT molecular complexity index is 783. The Morgan fingerprint density at radius 3 is 2.14 bits per heavy atom. The molecule has 0 aliphatic rings. The molecular formula is C16H14N4O. The Labute approximate surface area is 122 Å². The molecule has 0 spiro atoms. The molecular weight excluding hydrogens is 264 g/mol. The molecule has 0 saturated carbocycles. The third kappa shape index (κ3) is 3.74. The quantitative estimate of drug-likeness (QED) is 0.523. The number of hydrogen-bond acceptors (Lipinski definition) is 5. The third-order valence-corrected chi connectivity index (χ3v) is 2.98. The lowest BCUT2D eigenvalue weighted by atomic mass is 10.2. The second-order valence-corrected chi connectivity index (χ2v) is 4.54. The zero-order chi connectivity index (χ0) is 15.2. The first kappa shape index (κ1) is 14.4. The van der Waals surface area contributed by atoms with E-state index in [0.717, 1.165) is 11.1 Å². The van der Waals surface area contributed by atoms with Crippen LogP contribution in [0.1, 0.15) is 11.1 Å². The number of anilines is 1. The predicted molar refractivity (Wildman–Crippen MR) is 83.7 cm³/mol. The van der Waals surface area contributed by atoms with E-state index in [0.29, 0.717) is 22.7 Å². The van der Waals surface area contributed by atoms with E-state index in [-0.39, 0.29) is 0 Å². The first-order valence-electron chi connectivity index (χ1n) is 6.31. The summed E-state index contributed by atoms with van der Waals surface area (Å²) in [6, 6.07) is 13.4. The van der Waals surface area contributed by atoms with Gasteiger partial charge in [0, 0.05) is 5.69 Å². The molecule has 0 fully saturated rings. The summed E-state index contributed by atoms with van der Waals surface area (Å²) in [7, 11) is 0. The Morgan fingerprint density at radius 1 is 0.905 bits per heavy atom. The normalized spacial score (nSPS) is 9.43. The Balaban J connectivity index is 2.28. The number of nitrogen functional groups attached to an aromatic ring is 1. The molecule has 5 heteroatoms. The van der Waals surface area contributed by atoms with Crippen molar-refractivity contribution in [2.24, 2.45) is 15.0 Å². The van der Waals surface area contributed by atoms with Gasteiger partial charge in [-0.2, -0.15) is 15.0 Å². The zero-order valence-electron chi connectivity index (χ0n) is 11.8. The van der Waals surface area contributed by atoms with Crippen molar-refractivity contribution in [1.29, 1.82) is 0 Å². The summed E-state index contributed by atoms with van der Waals surface area (Å²) in [5, 5.41) is 0. The summed E-state index contributed by atoms with van der Waals surface area (Å²) in [4.78, 5) is 22.1. The molecule has 0 aliphatic carbocycles. The number of nitrogens with zero attached hydrogens (tertiary/aromatic N) is 3. The molecule has 0 radical (unpaired) electrons. The van der Waals surface area contributed by atoms with E-state index in [4.69, 9.17) is 5.73 Å². The van der Waals surface area contributed by atoms with Crippen molar-refractivity contribution in [3.05, 3.63) is 47.5 Å². The van der Waals surface area contributed by atoms with E-state index in [1.165, 1.54) is 6.08 Å². The molecule has 2 N–H and O–H groups in total. The van der Waals surface area contributed by atoms with Gasteiger partial charge in [0.05, 0.1) is 17.1 Å². The smallest absolute Gasteiger partial charge is 0.240 e. The predicted octanol–water partition coefficient (Wildman–Crippen LogP) is 3.99. The number of aliphatic imine (C=N–C) groups is 3. The largest absolute Gasteiger partial charge is 0.398 e. The van der Waals surface area contributed by atoms with E-state index < -0.39 is 0 Å². The molecule has 5 nitrogen and oxygen atoms in total. The van der Waals surface area contributed by atoms with E-state index in [2.05, 4.69) is 21.0 Å². The van der Waals surface area contributed by atoms with Crippen LogP contribution in [0.2, 0.25) is 0 Å². The average molecular weight is 278 g/mol. The molecule has 2 aromatic rings. The third-order valence-electron chi connectivity index (χ3n) is 2.98. The lowest BCUT2D eigenvalue weighted by Gasteiger charge is -1.99. The SMILES string of the molecule is Cc1ccc(N=C=Nc2ccc(C)c(N=C=O)c2)cc1N. The second-order valence-electron chi connectivity index (χ2n) is 4.54. The minimum atomic E-state index is 0.535. The van der Waals surface area contributed by atoms with Crippen LogP contribution in [0.25, 0.3) is 0 Å². The van der Waals surface area contributed by atoms with Crippen LogP contribution in [0.3, 0.4) is 0 Å². The number of hydrogen-bond donors (Lipinski definition) is 1. The van der Waals surface area contributed by atoms with E-state index >= 15 is 0 Å². The number of carbonyl (C=O) groups excluding carboxylic acids is 1. The van der Waals surface area contributed by atoms with Crippen molar-refractivity contribution < 1.29 is 4.79 Å². The average Bonchev–Trinajstić information content (AvgIpc) is 2.46. The number of aryl methyl sites for hydroxylation is 2. The molecule has 104 valence electrons. The van der Waals surface area contributed by atoms with Crippen LogP contribution < -0.4 is 5.73 Å². The molecule has 2 rings (SSSR count). The highest BCUT2D eigenvalue weighted by molar-refractivity contribution is 5.65. The van der Waals surface area contributed by atoms with E-state index in [1.807, 2.05) is 32.0 Å². The Morgan fingerprint density at radius 2 is 1.52 bits per heavy atom. The van der Waals surface area contributed by atoms with Crippen LogP contribution in [-0.4, -0.2) is 12.1 Å². The lowest BCUT2D eigenvalue weighted by Crippen LogP contribution is -1.87. The van der Waals surface area contributed by atoms with Gasteiger partial charge in [0.1, 0.15) is 6.01 Å². The Hall–Kier alpha value is -3.00. The van der Waals surface area contributed by atoms with Gasteiger partial charge >= 0.3 is 0 Å². The minimum Gasteiger partial charge on any atom is -0.398 e. The summed E-state index contributed by atoms with van der Waals surface area (Å²) in [5.41, 5.74) is 10.2. The van der Waals surface area contributed by atoms with Gasteiger partial charge < -0.3 is 5.73 Å². The van der Waals surface area contributed by atoms with Gasteiger partial charge in [-0.25, -0.2) is 4.79 Å². The van der Waals surface area contributed by atoms with Crippen molar-refractivity contribution >= 4 is 34.8 Å². The van der Waals surface area contributed by atoms with Crippen LogP contribution in [0.5, 0.6) is 0 Å². The molecule has 0 aromatic heterocycles. The first-order chi connectivity index (χ1) is 10.1. The van der Waals surface area contributed by atoms with Gasteiger partial charge in [-0.3, -0.25) is 0 Å². The zero-order valence-corrected chi connectivity index (χ0v) is 11.8. The van der Waals surface area contributed by atoms with E-state index in [9.17, 15) is 4.79 Å². The van der Waals surface area contributed by atoms with E-state index in [1.54, 1.807) is 18.2 Å². The second kappa shape index (κ2) is 6.44. The maximum atomic E-state index is 10.3. The number of nitrogens with two attached hydrogens (primary N) is 1. The fourth-order valence-corrected chi connectivity index (χ4v) is 1.67. The Kier molecular flexibility index (Phi) is 4.42. The summed E-state index contributed by atoms with van der Waals surface area (Å²) < 4.78 is 0. The van der Waals surface area contributed by atoms with Crippen molar-refractivity contribution in [2.75, 3.05) is 5.73 Å². The molecule has 0 atom stereocenters. The monoisotopic (exact) mass is 278 g/mol. The van der Waals surface area contributed by atoms with Crippen LogP contribution >= 0.6 is 0 Å². The van der Waals surface area contributed by atoms with Gasteiger partial charge in [0.25, 0.3) is 0 Å². The summed E-state index contributed by atoms with van der Waals surface area (Å²) >= 11 is 0. The van der Waals surface area contributed by atoms with Gasteiger partial charge in [-0.05, 0) is 49.2 Å². The van der Waals surface area contributed by atoms with Crippen molar-refractivity contribution in [3.63, 3.8) is 0 Å². The minimum absolute atomic E-state index is 0.535. The maximum absolute atomic E-state index is 10.3. The van der Waals surface area contributed by atoms with Crippen LogP contribution in [0.4, 0.5) is 22.7 Å². The highest BCUT2D eigenvalue weighted by Gasteiger charge is 1.98. The van der Waals surface area contributed by atoms with Gasteiger partial charge in [-0.1, -0.05) is 12.1 Å². The topological polar surface area (TPSA) is 80.2 Å². The number of benzene rings is 2. The first-order valence-corrected chi connectivity index (χ1v) is 6.31. The highest BCUT2D eigenvalue weighted by Crippen LogP contribution is 2.24. The number of rotatable bonds is 3. The molecule has 2 aromatic carbocycles. The van der Waals surface area contributed by atoms with Crippen molar-refractivity contribution in [1.82, 2.24) is 0 Å². The van der Waals surface area contributed by atoms with Crippen LogP contribution in [0, 0.1) is 13.8 Å². The van der Waals surface area contributed by atoms with Gasteiger partial charge in [0.2, 0.25) is 6.08 Å². The maximum Gasteiger partial charge on any atom is 0.240 e. The summed E-state index contributed by atoms with van der Waals surface area (Å²) in [6.45, 7) is 3.78. The van der Waals surface area contributed by atoms with Crippen LogP contribution in [0.15, 0.2) is 51.4 Å². The summed E-state index contributed by atoms with van der Waals surface area (Å²) in [6.07, 6.45) is 1.52. The van der Waals surface area contributed by atoms with Gasteiger partial charge in [-0.15, -0.1) is 0 Å². The molecule has 0 amide bonds. The molecule has 0 unspecified atom stereocenters. The summed E-state index contributed by atoms with van der Waals surface area (Å²) in [5.74, 6) is 0. The van der Waals surface area contributed by atoms with Gasteiger partial charge in [0.15, 0.2) is 0 Å². The van der Waals surface area contributed by atoms with Crippen molar-refractivity contribution in [3.8, 4) is 0 Å². The fourth-order valence-electron chi connectivity index (χ4n) is 1.67. The fraction of sp³-hybridized carbons (Fsp3) is 0.125. The van der Waals surface area contributed by atoms with Crippen LogP contribution in [-0.2, 0) is 4.79 Å². The molecule has 0 bridgehead atoms. The molecule has 0 heterocycles. The van der Waals surface area contributed by atoms with Crippen molar-refractivity contribution in [2.45, 2.75) is 13.8 Å². The molecule has 0 saturated heterocycles. The standard InChI is InChI=1S/C16H14N4O/c1-11-3-5-13(7-15(11)17)18-9-19-14-6-4-12(2)16(8-14)20-10-21/h3-8H,17H2,1-2H3.